The molecule has 1 fully saturated rings. The van der Waals surface area contributed by atoms with Gasteiger partial charge in [-0.3, -0.25) is 4.79 Å². The Kier molecular flexibility index (Phi) is 4.95. The highest BCUT2D eigenvalue weighted by Gasteiger charge is 2.25. The van der Waals surface area contributed by atoms with E-state index in [1.807, 2.05) is 0 Å². The van der Waals surface area contributed by atoms with Gasteiger partial charge in [-0.15, -0.1) is 0 Å². The second kappa shape index (κ2) is 6.70. The Bertz CT molecular complexity index is 479. The third kappa shape index (κ3) is 3.48. The number of anilines is 1. The van der Waals surface area contributed by atoms with Crippen LogP contribution in [0.3, 0.4) is 0 Å². The number of hydrogen-bond donors (Lipinski definition) is 3. The quantitative estimate of drug-likeness (QED) is 0.738. The lowest BCUT2D eigenvalue weighted by Gasteiger charge is -2.30. The Morgan fingerprint density at radius 2 is 2.05 bits per heavy atom. The third-order valence-electron chi connectivity index (χ3n) is 4.06. The maximum atomic E-state index is 13.6. The highest BCUT2D eigenvalue weighted by atomic mass is 19.1. The van der Waals surface area contributed by atoms with Crippen molar-refractivity contribution in [2.45, 2.75) is 25.7 Å². The van der Waals surface area contributed by atoms with Crippen molar-refractivity contribution in [1.29, 1.82) is 0 Å². The van der Waals surface area contributed by atoms with Crippen molar-refractivity contribution in [3.63, 3.8) is 0 Å². The Hall–Kier alpha value is -1.62. The number of benzene rings is 1. The fraction of sp³-hybridized carbons (Fsp3) is 0.533. The summed E-state index contributed by atoms with van der Waals surface area (Å²) in [5.74, 6) is -0.521. The molecule has 1 aromatic carbocycles. The number of rotatable bonds is 4. The van der Waals surface area contributed by atoms with Gasteiger partial charge in [-0.2, -0.15) is 0 Å². The van der Waals surface area contributed by atoms with Gasteiger partial charge < -0.3 is 16.2 Å². The van der Waals surface area contributed by atoms with E-state index in [2.05, 4.69) is 5.32 Å². The molecule has 0 aromatic heterocycles. The first-order valence-corrected chi connectivity index (χ1v) is 7.06. The van der Waals surface area contributed by atoms with E-state index in [1.54, 1.807) is 0 Å². The van der Waals surface area contributed by atoms with Crippen molar-refractivity contribution in [3.8, 4) is 0 Å². The van der Waals surface area contributed by atoms with E-state index in [9.17, 15) is 14.3 Å². The summed E-state index contributed by atoms with van der Waals surface area (Å²) >= 11 is 0. The normalized spacial score (nSPS) is 22.5. The number of carbonyl (C=O) groups excluding carboxylic acids is 1. The van der Waals surface area contributed by atoms with Crippen LogP contribution >= 0.6 is 0 Å². The van der Waals surface area contributed by atoms with Crippen molar-refractivity contribution >= 4 is 11.6 Å². The van der Waals surface area contributed by atoms with Crippen molar-refractivity contribution in [2.24, 2.45) is 11.8 Å². The number of hydrogen-bond acceptors (Lipinski definition) is 3. The second-order valence-corrected chi connectivity index (χ2v) is 5.44. The van der Waals surface area contributed by atoms with Crippen LogP contribution < -0.4 is 11.1 Å². The zero-order valence-electron chi connectivity index (χ0n) is 11.4. The number of carbonyl (C=O) groups is 1. The number of nitrogen functional groups attached to an aromatic ring is 1. The monoisotopic (exact) mass is 280 g/mol. The molecule has 0 heterocycles. The number of halogens is 1. The molecule has 4 N–H and O–H groups in total. The summed E-state index contributed by atoms with van der Waals surface area (Å²) in [4.78, 5) is 12.0. The maximum absolute atomic E-state index is 13.6. The van der Waals surface area contributed by atoms with Gasteiger partial charge in [0.05, 0.1) is 5.56 Å². The van der Waals surface area contributed by atoms with Crippen LogP contribution in [0.2, 0.25) is 0 Å². The van der Waals surface area contributed by atoms with Gasteiger partial charge in [0.2, 0.25) is 0 Å². The first kappa shape index (κ1) is 14.8. The standard InChI is InChI=1S/C15H21FN2O2/c16-14-6-5-12(17)7-13(14)15(20)18-8-10-3-1-2-4-11(10)9-19/h5-7,10-11,19H,1-4,8-9,17H2,(H,18,20). The molecule has 110 valence electrons. The molecule has 1 aliphatic carbocycles. The van der Waals surface area contributed by atoms with E-state index in [-0.39, 0.29) is 24.0 Å². The summed E-state index contributed by atoms with van der Waals surface area (Å²) < 4.78 is 13.6. The molecular formula is C15H21FN2O2. The van der Waals surface area contributed by atoms with Gasteiger partial charge in [0.15, 0.2) is 0 Å². The number of amides is 1. The van der Waals surface area contributed by atoms with Gasteiger partial charge in [-0.05, 0) is 42.9 Å². The van der Waals surface area contributed by atoms with Crippen LogP contribution in [-0.4, -0.2) is 24.2 Å². The zero-order chi connectivity index (χ0) is 14.5. The molecular weight excluding hydrogens is 259 g/mol. The fourth-order valence-corrected chi connectivity index (χ4v) is 2.83. The molecule has 4 nitrogen and oxygen atoms in total. The Morgan fingerprint density at radius 3 is 2.75 bits per heavy atom. The molecule has 1 saturated carbocycles. The minimum absolute atomic E-state index is 0.0265. The Labute approximate surface area is 118 Å². The first-order chi connectivity index (χ1) is 9.61. The molecule has 20 heavy (non-hydrogen) atoms. The zero-order valence-corrected chi connectivity index (χ0v) is 11.4. The van der Waals surface area contributed by atoms with Crippen LogP contribution in [0.4, 0.5) is 10.1 Å². The smallest absolute Gasteiger partial charge is 0.254 e. The second-order valence-electron chi connectivity index (χ2n) is 5.44. The molecule has 0 saturated heterocycles. The van der Waals surface area contributed by atoms with E-state index < -0.39 is 11.7 Å². The highest BCUT2D eigenvalue weighted by Crippen LogP contribution is 2.29. The molecule has 1 amide bonds. The summed E-state index contributed by atoms with van der Waals surface area (Å²) in [7, 11) is 0. The maximum Gasteiger partial charge on any atom is 0.254 e. The molecule has 2 unspecified atom stereocenters. The van der Waals surface area contributed by atoms with Crippen LogP contribution in [0.5, 0.6) is 0 Å². The molecule has 5 heteroatoms. The number of nitrogens with one attached hydrogen (secondary N) is 1. The van der Waals surface area contributed by atoms with Gasteiger partial charge in [-0.1, -0.05) is 12.8 Å². The number of aliphatic hydroxyl groups is 1. The average molecular weight is 280 g/mol. The summed E-state index contributed by atoms with van der Waals surface area (Å²) in [6.07, 6.45) is 4.22. The lowest BCUT2D eigenvalue weighted by molar-refractivity contribution is 0.0905. The largest absolute Gasteiger partial charge is 0.399 e. The average Bonchev–Trinajstić information content (AvgIpc) is 2.47. The van der Waals surface area contributed by atoms with Gasteiger partial charge in [0, 0.05) is 18.8 Å². The SMILES string of the molecule is Nc1ccc(F)c(C(=O)NCC2CCCCC2CO)c1. The summed E-state index contributed by atoms with van der Waals surface area (Å²) in [5, 5.41) is 12.1. The van der Waals surface area contributed by atoms with Crippen molar-refractivity contribution in [1.82, 2.24) is 5.32 Å². The van der Waals surface area contributed by atoms with Crippen LogP contribution in [0.1, 0.15) is 36.0 Å². The highest BCUT2D eigenvalue weighted by molar-refractivity contribution is 5.95. The van der Waals surface area contributed by atoms with E-state index in [1.165, 1.54) is 18.2 Å². The molecule has 2 rings (SSSR count). The van der Waals surface area contributed by atoms with Crippen LogP contribution in [0.15, 0.2) is 18.2 Å². The van der Waals surface area contributed by atoms with Gasteiger partial charge >= 0.3 is 0 Å². The lowest BCUT2D eigenvalue weighted by Crippen LogP contribution is -2.35. The third-order valence-corrected chi connectivity index (χ3v) is 4.06. The molecule has 0 spiro atoms. The fourth-order valence-electron chi connectivity index (χ4n) is 2.83. The molecule has 0 bridgehead atoms. The minimum atomic E-state index is -0.570. The molecule has 1 aromatic rings. The van der Waals surface area contributed by atoms with Gasteiger partial charge in [-0.25, -0.2) is 4.39 Å². The van der Waals surface area contributed by atoms with Gasteiger partial charge in [0.1, 0.15) is 5.82 Å². The Morgan fingerprint density at radius 1 is 1.35 bits per heavy atom. The predicted octanol–water partition coefficient (Wildman–Crippen LogP) is 1.94. The van der Waals surface area contributed by atoms with Crippen LogP contribution in [0, 0.1) is 17.7 Å². The summed E-state index contributed by atoms with van der Waals surface area (Å²) in [6, 6.07) is 3.96. The van der Waals surface area contributed by atoms with Crippen molar-refractivity contribution in [3.05, 3.63) is 29.6 Å². The van der Waals surface area contributed by atoms with Crippen molar-refractivity contribution < 1.29 is 14.3 Å². The molecule has 2 atom stereocenters. The Balaban J connectivity index is 1.96. The summed E-state index contributed by atoms with van der Waals surface area (Å²) in [5.41, 5.74) is 5.90. The molecule has 0 radical (unpaired) electrons. The van der Waals surface area contributed by atoms with E-state index >= 15 is 0 Å². The minimum Gasteiger partial charge on any atom is -0.399 e. The van der Waals surface area contributed by atoms with Crippen LogP contribution in [-0.2, 0) is 0 Å². The van der Waals surface area contributed by atoms with Crippen LogP contribution in [0.25, 0.3) is 0 Å². The number of nitrogens with two attached hydrogens (primary N) is 1. The predicted molar refractivity (Wildman–Crippen MR) is 75.7 cm³/mol. The van der Waals surface area contributed by atoms with Crippen molar-refractivity contribution in [2.75, 3.05) is 18.9 Å². The van der Waals surface area contributed by atoms with E-state index in [0.717, 1.165) is 25.7 Å². The number of aliphatic hydroxyl groups excluding tert-OH is 1. The van der Waals surface area contributed by atoms with E-state index in [0.29, 0.717) is 12.2 Å². The first-order valence-electron chi connectivity index (χ1n) is 7.06. The topological polar surface area (TPSA) is 75.4 Å². The molecule has 1 aliphatic rings. The summed E-state index contributed by atoms with van der Waals surface area (Å²) in [6.45, 7) is 0.617. The lowest BCUT2D eigenvalue weighted by atomic mass is 9.79. The van der Waals surface area contributed by atoms with Gasteiger partial charge in [0.25, 0.3) is 5.91 Å². The van der Waals surface area contributed by atoms with E-state index in [4.69, 9.17) is 5.73 Å². The molecule has 0 aliphatic heterocycles.